The first-order valence-corrected chi connectivity index (χ1v) is 8.20. The van der Waals surface area contributed by atoms with Crippen LogP contribution in [0.4, 0.5) is 5.13 Å². The molecule has 1 unspecified atom stereocenters. The second-order valence-corrected chi connectivity index (χ2v) is 7.28. The summed E-state index contributed by atoms with van der Waals surface area (Å²) in [5.74, 6) is 1.15. The summed E-state index contributed by atoms with van der Waals surface area (Å²) < 4.78 is 10.3. The third-order valence-electron chi connectivity index (χ3n) is 3.67. The average Bonchev–Trinajstić information content (AvgIpc) is 2.97. The molecule has 6 heteroatoms. The Morgan fingerprint density at radius 1 is 1.36 bits per heavy atom. The van der Waals surface area contributed by atoms with Crippen LogP contribution in [0.2, 0.25) is 0 Å². The van der Waals surface area contributed by atoms with E-state index < -0.39 is 0 Å². The molecule has 0 spiro atoms. The number of hydrogen-bond donors (Lipinski definition) is 1. The summed E-state index contributed by atoms with van der Waals surface area (Å²) in [7, 11) is 0. The van der Waals surface area contributed by atoms with Crippen molar-refractivity contribution in [2.45, 2.75) is 32.3 Å². The average molecular weight is 319 g/mol. The fraction of sp³-hybridized carbons (Fsp3) is 0.500. The van der Waals surface area contributed by atoms with E-state index in [9.17, 15) is 5.11 Å². The number of aromatic hydroxyl groups is 1. The normalized spacial score (nSPS) is 19.4. The van der Waals surface area contributed by atoms with E-state index in [1.807, 2.05) is 12.1 Å². The Kier molecular flexibility index (Phi) is 4.06. The largest absolute Gasteiger partial charge is 0.508 e. The van der Waals surface area contributed by atoms with Gasteiger partial charge in [0.25, 0.3) is 0 Å². The van der Waals surface area contributed by atoms with Crippen molar-refractivity contribution in [1.82, 2.24) is 9.36 Å². The van der Waals surface area contributed by atoms with Crippen molar-refractivity contribution in [3.63, 3.8) is 0 Å². The first-order valence-electron chi connectivity index (χ1n) is 7.43. The highest BCUT2D eigenvalue weighted by Gasteiger charge is 2.26. The molecule has 1 aliphatic heterocycles. The van der Waals surface area contributed by atoms with E-state index >= 15 is 0 Å². The number of hydrogen-bond acceptors (Lipinski definition) is 6. The Labute approximate surface area is 134 Å². The van der Waals surface area contributed by atoms with Gasteiger partial charge in [-0.2, -0.15) is 4.37 Å². The highest BCUT2D eigenvalue weighted by atomic mass is 32.1. The molecule has 0 radical (unpaired) electrons. The van der Waals surface area contributed by atoms with E-state index in [1.165, 1.54) is 11.5 Å². The van der Waals surface area contributed by atoms with Crippen LogP contribution in [0.25, 0.3) is 0 Å². The zero-order valence-electron chi connectivity index (χ0n) is 13.1. The van der Waals surface area contributed by atoms with Gasteiger partial charge in [0.15, 0.2) is 0 Å². The Bertz CT molecular complexity index is 651. The van der Waals surface area contributed by atoms with Crippen molar-refractivity contribution in [2.24, 2.45) is 0 Å². The maximum absolute atomic E-state index is 9.63. The van der Waals surface area contributed by atoms with Crippen molar-refractivity contribution in [2.75, 3.05) is 24.6 Å². The number of rotatable bonds is 2. The van der Waals surface area contributed by atoms with Gasteiger partial charge in [-0.1, -0.05) is 32.9 Å². The molecule has 118 valence electrons. The lowest BCUT2D eigenvalue weighted by atomic mass is 9.96. The molecule has 1 aliphatic rings. The lowest BCUT2D eigenvalue weighted by molar-refractivity contribution is 0.0396. The summed E-state index contributed by atoms with van der Waals surface area (Å²) in [6.45, 7) is 8.54. The Balaban J connectivity index is 1.77. The zero-order chi connectivity index (χ0) is 15.7. The van der Waals surface area contributed by atoms with Crippen LogP contribution in [0, 0.1) is 0 Å². The topological polar surface area (TPSA) is 58.5 Å². The molecular weight excluding hydrogens is 298 g/mol. The molecule has 0 saturated carbocycles. The molecule has 2 heterocycles. The number of morpholine rings is 1. The number of benzene rings is 1. The maximum atomic E-state index is 9.63. The zero-order valence-corrected chi connectivity index (χ0v) is 13.9. The molecule has 0 bridgehead atoms. The van der Waals surface area contributed by atoms with E-state index in [2.05, 4.69) is 35.0 Å². The monoisotopic (exact) mass is 319 g/mol. The van der Waals surface area contributed by atoms with Gasteiger partial charge in [-0.25, -0.2) is 4.98 Å². The Morgan fingerprint density at radius 2 is 2.18 bits per heavy atom. The summed E-state index contributed by atoms with van der Waals surface area (Å²) in [4.78, 5) is 6.89. The minimum Gasteiger partial charge on any atom is -0.508 e. The van der Waals surface area contributed by atoms with Gasteiger partial charge in [-0.15, -0.1) is 0 Å². The van der Waals surface area contributed by atoms with Crippen LogP contribution in [0.5, 0.6) is 5.75 Å². The molecule has 3 rings (SSSR count). The molecule has 0 amide bonds. The van der Waals surface area contributed by atoms with Crippen LogP contribution in [0.1, 0.15) is 38.3 Å². The smallest absolute Gasteiger partial charge is 0.205 e. The van der Waals surface area contributed by atoms with Crippen molar-refractivity contribution >= 4 is 16.7 Å². The van der Waals surface area contributed by atoms with E-state index in [-0.39, 0.29) is 17.3 Å². The number of nitrogens with zero attached hydrogens (tertiary/aromatic N) is 3. The highest BCUT2D eigenvalue weighted by Crippen LogP contribution is 2.30. The molecule has 1 aromatic heterocycles. The maximum Gasteiger partial charge on any atom is 0.205 e. The van der Waals surface area contributed by atoms with Crippen LogP contribution in [-0.4, -0.2) is 34.2 Å². The standard InChI is InChI=1S/C16H21N3O2S/c1-16(2,3)14-17-15(22-18-14)19-7-8-21-13(10-19)11-5-4-6-12(20)9-11/h4-6,9,13,20H,7-8,10H2,1-3H3. The summed E-state index contributed by atoms with van der Waals surface area (Å²) in [5.41, 5.74) is 0.955. The van der Waals surface area contributed by atoms with Crippen molar-refractivity contribution in [3.8, 4) is 5.75 Å². The number of phenols is 1. The van der Waals surface area contributed by atoms with Gasteiger partial charge >= 0.3 is 0 Å². The number of anilines is 1. The van der Waals surface area contributed by atoms with E-state index in [1.54, 1.807) is 12.1 Å². The molecule has 1 N–H and O–H groups in total. The van der Waals surface area contributed by atoms with Gasteiger partial charge in [0, 0.05) is 23.5 Å². The molecule has 2 aromatic rings. The van der Waals surface area contributed by atoms with Crippen molar-refractivity contribution in [3.05, 3.63) is 35.7 Å². The molecule has 1 fully saturated rings. The second-order valence-electron chi connectivity index (χ2n) is 6.55. The Morgan fingerprint density at radius 3 is 2.86 bits per heavy atom. The third-order valence-corrected chi connectivity index (χ3v) is 4.44. The Hall–Kier alpha value is -1.66. The number of ether oxygens (including phenoxy) is 1. The number of phenolic OH excluding ortho intramolecular Hbond substituents is 1. The van der Waals surface area contributed by atoms with Gasteiger partial charge in [-0.3, -0.25) is 0 Å². The molecule has 5 nitrogen and oxygen atoms in total. The van der Waals surface area contributed by atoms with Crippen molar-refractivity contribution < 1.29 is 9.84 Å². The van der Waals surface area contributed by atoms with Crippen LogP contribution in [0.15, 0.2) is 24.3 Å². The predicted molar refractivity (Wildman–Crippen MR) is 87.6 cm³/mol. The van der Waals surface area contributed by atoms with Crippen LogP contribution >= 0.6 is 11.5 Å². The number of aromatic nitrogens is 2. The molecule has 1 aromatic carbocycles. The lowest BCUT2D eigenvalue weighted by Crippen LogP contribution is -2.38. The van der Waals surface area contributed by atoms with Gasteiger partial charge in [-0.05, 0) is 17.7 Å². The molecular formula is C16H21N3O2S. The van der Waals surface area contributed by atoms with Gasteiger partial charge < -0.3 is 14.7 Å². The molecule has 22 heavy (non-hydrogen) atoms. The van der Waals surface area contributed by atoms with E-state index in [4.69, 9.17) is 4.74 Å². The van der Waals surface area contributed by atoms with E-state index in [0.29, 0.717) is 6.61 Å². The minimum atomic E-state index is -0.0529. The first-order chi connectivity index (χ1) is 10.4. The van der Waals surface area contributed by atoms with Gasteiger partial charge in [0.1, 0.15) is 17.7 Å². The van der Waals surface area contributed by atoms with Gasteiger partial charge in [0.05, 0.1) is 13.2 Å². The quantitative estimate of drug-likeness (QED) is 0.921. The second kappa shape index (κ2) is 5.85. The summed E-state index contributed by atoms with van der Waals surface area (Å²) >= 11 is 1.44. The molecule has 0 aliphatic carbocycles. The first kappa shape index (κ1) is 15.2. The van der Waals surface area contributed by atoms with E-state index in [0.717, 1.165) is 29.6 Å². The van der Waals surface area contributed by atoms with Crippen LogP contribution in [0.3, 0.4) is 0 Å². The fourth-order valence-electron chi connectivity index (χ4n) is 2.40. The predicted octanol–water partition coefficient (Wildman–Crippen LogP) is 3.12. The highest BCUT2D eigenvalue weighted by molar-refractivity contribution is 7.09. The minimum absolute atomic E-state index is 0.0361. The third kappa shape index (κ3) is 3.23. The van der Waals surface area contributed by atoms with Gasteiger partial charge in [0.2, 0.25) is 5.13 Å². The summed E-state index contributed by atoms with van der Waals surface area (Å²) in [5, 5.41) is 10.6. The molecule has 1 atom stereocenters. The lowest BCUT2D eigenvalue weighted by Gasteiger charge is -2.32. The van der Waals surface area contributed by atoms with Crippen LogP contribution in [-0.2, 0) is 10.2 Å². The molecule has 1 saturated heterocycles. The summed E-state index contributed by atoms with van der Waals surface area (Å²) in [6, 6.07) is 7.25. The van der Waals surface area contributed by atoms with Crippen molar-refractivity contribution in [1.29, 1.82) is 0 Å². The SMILES string of the molecule is CC(C)(C)c1nsc(N2CCOC(c3cccc(O)c3)C2)n1. The van der Waals surface area contributed by atoms with Crippen LogP contribution < -0.4 is 4.90 Å². The summed E-state index contributed by atoms with van der Waals surface area (Å²) in [6.07, 6.45) is -0.0529. The fourth-order valence-corrected chi connectivity index (χ4v) is 3.29.